The highest BCUT2D eigenvalue weighted by Crippen LogP contribution is 2.64. The second-order valence-corrected chi connectivity index (χ2v) is 6.12. The van der Waals surface area contributed by atoms with E-state index in [2.05, 4.69) is 6.58 Å². The molecule has 6 unspecified atom stereocenters. The lowest BCUT2D eigenvalue weighted by molar-refractivity contribution is -0.167. The number of fused-ring (bicyclic) bond motifs is 1. The monoisotopic (exact) mass is 280 g/mol. The number of hydrogen-bond donors (Lipinski definition) is 1. The van der Waals surface area contributed by atoms with E-state index in [9.17, 15) is 19.5 Å². The Morgan fingerprint density at radius 3 is 2.70 bits per heavy atom. The number of aliphatic carboxylic acids is 1. The summed E-state index contributed by atoms with van der Waals surface area (Å²) in [5.41, 5.74) is -0.986. The topological polar surface area (TPSA) is 89.9 Å². The van der Waals surface area contributed by atoms with Crippen molar-refractivity contribution in [2.75, 3.05) is 0 Å². The third kappa shape index (κ3) is 1.36. The minimum absolute atomic E-state index is 0.170. The Labute approximate surface area is 115 Å². The van der Waals surface area contributed by atoms with Crippen molar-refractivity contribution in [2.24, 2.45) is 23.2 Å². The third-order valence-electron chi connectivity index (χ3n) is 5.07. The van der Waals surface area contributed by atoms with Crippen LogP contribution in [0.25, 0.3) is 0 Å². The summed E-state index contributed by atoms with van der Waals surface area (Å²) in [5, 5.41) is 9.53. The van der Waals surface area contributed by atoms with E-state index in [0.717, 1.165) is 0 Å². The zero-order valence-corrected chi connectivity index (χ0v) is 11.3. The van der Waals surface area contributed by atoms with E-state index >= 15 is 0 Å². The van der Waals surface area contributed by atoms with E-state index in [1.165, 1.54) is 6.92 Å². The number of carboxylic acid groups (broad SMARTS) is 1. The summed E-state index contributed by atoms with van der Waals surface area (Å²) < 4.78 is 10.6. The molecule has 1 aliphatic heterocycles. The number of carboxylic acids is 1. The molecule has 1 N–H and O–H groups in total. The van der Waals surface area contributed by atoms with Gasteiger partial charge in [-0.3, -0.25) is 9.59 Å². The minimum atomic E-state index is -1.23. The van der Waals surface area contributed by atoms with Crippen LogP contribution in [-0.2, 0) is 23.9 Å². The number of carbonyl (C=O) groups is 3. The van der Waals surface area contributed by atoms with Crippen molar-refractivity contribution in [2.45, 2.75) is 32.5 Å². The van der Waals surface area contributed by atoms with Crippen molar-refractivity contribution in [3.63, 3.8) is 0 Å². The highest BCUT2D eigenvalue weighted by molar-refractivity contribution is 5.89. The molecule has 108 valence electrons. The van der Waals surface area contributed by atoms with Crippen LogP contribution in [-0.4, -0.2) is 35.2 Å². The highest BCUT2D eigenvalue weighted by Gasteiger charge is 2.75. The molecule has 2 bridgehead atoms. The Balaban J connectivity index is 1.96. The van der Waals surface area contributed by atoms with Crippen LogP contribution >= 0.6 is 0 Å². The summed E-state index contributed by atoms with van der Waals surface area (Å²) in [7, 11) is 0. The Morgan fingerprint density at radius 2 is 2.15 bits per heavy atom. The predicted octanol–water partition coefficient (Wildman–Crippen LogP) is 0.756. The lowest BCUT2D eigenvalue weighted by Crippen LogP contribution is -2.50. The van der Waals surface area contributed by atoms with Gasteiger partial charge in [0.2, 0.25) is 0 Å². The van der Waals surface area contributed by atoms with E-state index < -0.39 is 47.4 Å². The molecule has 0 amide bonds. The molecule has 3 fully saturated rings. The van der Waals surface area contributed by atoms with Gasteiger partial charge in [0.15, 0.2) is 0 Å². The minimum Gasteiger partial charge on any atom is -0.481 e. The van der Waals surface area contributed by atoms with Gasteiger partial charge >= 0.3 is 17.9 Å². The maximum atomic E-state index is 11.9. The SMILES string of the molecule is C=C(C)C(=O)OC1C2OC(=O)C3C2CC1C3(C)C(=O)O. The smallest absolute Gasteiger partial charge is 0.333 e. The first kappa shape index (κ1) is 13.1. The van der Waals surface area contributed by atoms with Crippen molar-refractivity contribution in [3.8, 4) is 0 Å². The standard InChI is InChI=1S/C14H16O6/c1-5(2)11(15)20-10-7-4-6-8(12(16)19-9(6)10)14(7,3)13(17)18/h6-10H,1,4H2,2-3H3,(H,17,18). The van der Waals surface area contributed by atoms with Gasteiger partial charge in [-0.25, -0.2) is 4.79 Å². The quantitative estimate of drug-likeness (QED) is 0.606. The van der Waals surface area contributed by atoms with E-state index in [1.54, 1.807) is 6.92 Å². The van der Waals surface area contributed by atoms with Crippen LogP contribution in [0.1, 0.15) is 20.3 Å². The van der Waals surface area contributed by atoms with E-state index in [-0.39, 0.29) is 11.5 Å². The van der Waals surface area contributed by atoms with Crippen molar-refractivity contribution in [3.05, 3.63) is 12.2 Å². The zero-order chi connectivity index (χ0) is 14.8. The molecule has 3 rings (SSSR count). The van der Waals surface area contributed by atoms with Crippen LogP contribution in [0.3, 0.4) is 0 Å². The Hall–Kier alpha value is -1.85. The average Bonchev–Trinajstić information content (AvgIpc) is 2.92. The molecule has 0 aromatic rings. The van der Waals surface area contributed by atoms with Crippen molar-refractivity contribution in [1.29, 1.82) is 0 Å². The van der Waals surface area contributed by atoms with Crippen LogP contribution in [0.15, 0.2) is 12.2 Å². The van der Waals surface area contributed by atoms with Crippen molar-refractivity contribution in [1.82, 2.24) is 0 Å². The van der Waals surface area contributed by atoms with Crippen molar-refractivity contribution >= 4 is 17.9 Å². The van der Waals surface area contributed by atoms with Crippen LogP contribution in [0.2, 0.25) is 0 Å². The maximum Gasteiger partial charge on any atom is 0.333 e. The molecule has 6 heteroatoms. The first-order valence-corrected chi connectivity index (χ1v) is 6.59. The highest BCUT2D eigenvalue weighted by atomic mass is 16.6. The number of hydrogen-bond acceptors (Lipinski definition) is 5. The van der Waals surface area contributed by atoms with E-state index in [1.807, 2.05) is 0 Å². The van der Waals surface area contributed by atoms with Gasteiger partial charge < -0.3 is 14.6 Å². The molecular weight excluding hydrogens is 264 g/mol. The lowest BCUT2D eigenvalue weighted by Gasteiger charge is -2.36. The molecule has 6 atom stereocenters. The summed E-state index contributed by atoms with van der Waals surface area (Å²) in [5.74, 6) is -3.29. The molecule has 2 aliphatic carbocycles. The Morgan fingerprint density at radius 1 is 1.50 bits per heavy atom. The fourth-order valence-corrected chi connectivity index (χ4v) is 4.07. The van der Waals surface area contributed by atoms with E-state index in [4.69, 9.17) is 9.47 Å². The van der Waals surface area contributed by atoms with Crippen LogP contribution in [0, 0.1) is 23.2 Å². The number of ether oxygens (including phenoxy) is 2. The fourth-order valence-electron chi connectivity index (χ4n) is 4.07. The average molecular weight is 280 g/mol. The Bertz CT molecular complexity index is 538. The van der Waals surface area contributed by atoms with Gasteiger partial charge in [-0.2, -0.15) is 0 Å². The molecule has 2 saturated carbocycles. The van der Waals surface area contributed by atoms with E-state index in [0.29, 0.717) is 6.42 Å². The Kier molecular flexibility index (Phi) is 2.52. The van der Waals surface area contributed by atoms with Crippen molar-refractivity contribution < 1.29 is 29.0 Å². The second kappa shape index (κ2) is 3.84. The van der Waals surface area contributed by atoms with Crippen LogP contribution < -0.4 is 0 Å². The first-order valence-electron chi connectivity index (χ1n) is 6.59. The summed E-state index contributed by atoms with van der Waals surface area (Å²) in [6.07, 6.45) is -0.654. The molecule has 0 aromatic heterocycles. The molecule has 0 aromatic carbocycles. The molecule has 20 heavy (non-hydrogen) atoms. The number of rotatable bonds is 3. The van der Waals surface area contributed by atoms with Crippen LogP contribution in [0.5, 0.6) is 0 Å². The molecule has 1 heterocycles. The third-order valence-corrected chi connectivity index (χ3v) is 5.07. The molecule has 1 saturated heterocycles. The van der Waals surface area contributed by atoms with Crippen LogP contribution in [0.4, 0.5) is 0 Å². The molecule has 0 spiro atoms. The molecule has 6 nitrogen and oxygen atoms in total. The summed E-state index contributed by atoms with van der Waals surface area (Å²) in [4.78, 5) is 35.3. The number of esters is 2. The zero-order valence-electron chi connectivity index (χ0n) is 11.3. The van der Waals surface area contributed by atoms with Gasteiger partial charge in [0.1, 0.15) is 12.2 Å². The fraction of sp³-hybridized carbons (Fsp3) is 0.643. The van der Waals surface area contributed by atoms with Gasteiger partial charge in [0.25, 0.3) is 0 Å². The van der Waals surface area contributed by atoms with Gasteiger partial charge in [-0.05, 0) is 20.3 Å². The molecule has 3 aliphatic rings. The van der Waals surface area contributed by atoms with Gasteiger partial charge in [0, 0.05) is 17.4 Å². The first-order chi connectivity index (χ1) is 9.28. The second-order valence-electron chi connectivity index (χ2n) is 6.12. The summed E-state index contributed by atoms with van der Waals surface area (Å²) in [6.45, 7) is 6.58. The molecular formula is C14H16O6. The number of carbonyl (C=O) groups excluding carboxylic acids is 2. The maximum absolute atomic E-state index is 11.9. The van der Waals surface area contributed by atoms with Gasteiger partial charge in [-0.1, -0.05) is 6.58 Å². The van der Waals surface area contributed by atoms with Gasteiger partial charge in [-0.15, -0.1) is 0 Å². The normalized spacial score (nSPS) is 44.3. The summed E-state index contributed by atoms with van der Waals surface area (Å²) in [6, 6.07) is 0. The lowest BCUT2D eigenvalue weighted by atomic mass is 9.67. The van der Waals surface area contributed by atoms with Gasteiger partial charge in [0.05, 0.1) is 11.3 Å². The summed E-state index contributed by atoms with van der Waals surface area (Å²) >= 11 is 0. The predicted molar refractivity (Wildman–Crippen MR) is 65.4 cm³/mol. The molecule has 0 radical (unpaired) electrons. The largest absolute Gasteiger partial charge is 0.481 e.